The molecule has 0 aromatic carbocycles. The molecule has 0 heterocycles. The van der Waals surface area contributed by atoms with Gasteiger partial charge in [-0.25, -0.2) is 0 Å². The Morgan fingerprint density at radius 1 is 1.04 bits per heavy atom. The molecule has 0 radical (unpaired) electrons. The van der Waals surface area contributed by atoms with Crippen molar-refractivity contribution >= 4 is 0 Å². The van der Waals surface area contributed by atoms with Gasteiger partial charge in [-0.05, 0) is 91.9 Å². The first-order valence-electron chi connectivity index (χ1n) is 12.3. The van der Waals surface area contributed by atoms with Crippen LogP contribution in [0.1, 0.15) is 112 Å². The molecule has 0 nitrogen and oxygen atoms in total. The van der Waals surface area contributed by atoms with Crippen LogP contribution in [0.3, 0.4) is 0 Å². The molecule has 3 unspecified atom stereocenters. The summed E-state index contributed by atoms with van der Waals surface area (Å²) in [6, 6.07) is 0. The van der Waals surface area contributed by atoms with E-state index in [2.05, 4.69) is 53.3 Å². The summed E-state index contributed by atoms with van der Waals surface area (Å²) in [6.45, 7) is 16.5. The number of hydrogen-bond acceptors (Lipinski definition) is 0. The standard InChI is InChI=1S/C28H46/c1-21(2)10-7-8-12-25-15-16-26-24(11-9-18-28(25,26)6)14-13-23-17-19-27(4,5)20-22(23)3/h13-14,21,25-26H,3,7-12,15-20H2,1-2,4-6H3/b23-13+,24-14+. The molecule has 0 aliphatic heterocycles. The maximum absolute atomic E-state index is 4.40. The lowest BCUT2D eigenvalue weighted by atomic mass is 9.62. The molecule has 0 N–H and O–H groups in total. The number of fused-ring (bicyclic) bond motifs is 1. The van der Waals surface area contributed by atoms with Crippen LogP contribution < -0.4 is 0 Å². The largest absolute Gasteiger partial charge is 0.0955 e. The van der Waals surface area contributed by atoms with Crippen LogP contribution in [-0.4, -0.2) is 0 Å². The van der Waals surface area contributed by atoms with Crippen molar-refractivity contribution in [3.05, 3.63) is 35.5 Å². The van der Waals surface area contributed by atoms with Crippen molar-refractivity contribution in [2.24, 2.45) is 28.6 Å². The SMILES string of the molecule is C=C1CC(C)(C)CC/C1=C\C=C1/CCCC2(C)C(CCCCC(C)C)CCC12. The van der Waals surface area contributed by atoms with Crippen molar-refractivity contribution in [1.82, 2.24) is 0 Å². The second-order valence-electron chi connectivity index (χ2n) is 11.7. The zero-order valence-corrected chi connectivity index (χ0v) is 19.6. The topological polar surface area (TPSA) is 0 Å². The Labute approximate surface area is 176 Å². The number of unbranched alkanes of at least 4 members (excludes halogenated alkanes) is 1. The Morgan fingerprint density at radius 2 is 1.82 bits per heavy atom. The van der Waals surface area contributed by atoms with Crippen molar-refractivity contribution in [2.45, 2.75) is 112 Å². The normalized spacial score (nSPS) is 35.7. The van der Waals surface area contributed by atoms with Gasteiger partial charge in [-0.15, -0.1) is 0 Å². The van der Waals surface area contributed by atoms with Crippen LogP contribution in [0.15, 0.2) is 35.5 Å². The van der Waals surface area contributed by atoms with E-state index in [9.17, 15) is 0 Å². The predicted molar refractivity (Wildman–Crippen MR) is 124 cm³/mol. The van der Waals surface area contributed by atoms with E-state index in [0.29, 0.717) is 10.8 Å². The molecule has 3 rings (SSSR count). The molecule has 0 amide bonds. The summed E-state index contributed by atoms with van der Waals surface area (Å²) < 4.78 is 0. The highest BCUT2D eigenvalue weighted by Crippen LogP contribution is 2.58. The van der Waals surface area contributed by atoms with E-state index in [1.807, 2.05) is 0 Å². The number of rotatable bonds is 6. The van der Waals surface area contributed by atoms with Gasteiger partial charge in [0.1, 0.15) is 0 Å². The summed E-state index contributed by atoms with van der Waals surface area (Å²) in [5.41, 5.74) is 5.71. The molecule has 0 spiro atoms. The molecular weight excluding hydrogens is 336 g/mol. The lowest BCUT2D eigenvalue weighted by Crippen LogP contribution is -2.33. The molecule has 0 heteroatoms. The van der Waals surface area contributed by atoms with Crippen molar-refractivity contribution in [1.29, 1.82) is 0 Å². The fourth-order valence-electron chi connectivity index (χ4n) is 6.60. The smallest absolute Gasteiger partial charge is 0.0143 e. The van der Waals surface area contributed by atoms with Crippen LogP contribution in [0.25, 0.3) is 0 Å². The number of allylic oxidation sites excluding steroid dienone is 5. The van der Waals surface area contributed by atoms with Gasteiger partial charge in [-0.2, -0.15) is 0 Å². The summed E-state index contributed by atoms with van der Waals surface area (Å²) in [4.78, 5) is 0. The lowest BCUT2D eigenvalue weighted by Gasteiger charge is -2.42. The summed E-state index contributed by atoms with van der Waals surface area (Å²) in [5, 5.41) is 0. The molecule has 3 fully saturated rings. The molecule has 3 atom stereocenters. The van der Waals surface area contributed by atoms with E-state index in [1.165, 1.54) is 88.2 Å². The Kier molecular flexibility index (Phi) is 6.99. The highest BCUT2D eigenvalue weighted by Gasteiger charge is 2.48. The molecule has 3 aliphatic rings. The van der Waals surface area contributed by atoms with Crippen LogP contribution in [0.4, 0.5) is 0 Å². The van der Waals surface area contributed by atoms with Gasteiger partial charge in [0.25, 0.3) is 0 Å². The minimum absolute atomic E-state index is 0.444. The highest BCUT2D eigenvalue weighted by atomic mass is 14.5. The minimum Gasteiger partial charge on any atom is -0.0955 e. The summed E-state index contributed by atoms with van der Waals surface area (Å²) in [6.07, 6.45) is 21.6. The van der Waals surface area contributed by atoms with Crippen molar-refractivity contribution in [2.75, 3.05) is 0 Å². The third-order valence-corrected chi connectivity index (χ3v) is 8.46. The first-order chi connectivity index (χ1) is 13.2. The second kappa shape index (κ2) is 8.93. The van der Waals surface area contributed by atoms with E-state index >= 15 is 0 Å². The quantitative estimate of drug-likeness (QED) is 0.402. The van der Waals surface area contributed by atoms with Crippen LogP contribution in [0.2, 0.25) is 0 Å². The zero-order chi connectivity index (χ0) is 20.4. The average molecular weight is 383 g/mol. The van der Waals surface area contributed by atoms with Crippen LogP contribution in [0, 0.1) is 28.6 Å². The molecule has 28 heavy (non-hydrogen) atoms. The van der Waals surface area contributed by atoms with Gasteiger partial charge in [-0.1, -0.05) is 83.8 Å². The third kappa shape index (κ3) is 5.03. The molecule has 0 saturated heterocycles. The third-order valence-electron chi connectivity index (χ3n) is 8.46. The van der Waals surface area contributed by atoms with Crippen LogP contribution in [0.5, 0.6) is 0 Å². The Morgan fingerprint density at radius 3 is 2.54 bits per heavy atom. The molecule has 3 aliphatic carbocycles. The predicted octanol–water partition coefficient (Wildman–Crippen LogP) is 9.04. The van der Waals surface area contributed by atoms with Crippen LogP contribution >= 0.6 is 0 Å². The van der Waals surface area contributed by atoms with Gasteiger partial charge in [0.2, 0.25) is 0 Å². The molecule has 3 saturated carbocycles. The van der Waals surface area contributed by atoms with Crippen molar-refractivity contribution < 1.29 is 0 Å². The zero-order valence-electron chi connectivity index (χ0n) is 19.6. The Bertz CT molecular complexity index is 614. The molecule has 158 valence electrons. The van der Waals surface area contributed by atoms with E-state index in [-0.39, 0.29) is 0 Å². The highest BCUT2D eigenvalue weighted by molar-refractivity contribution is 5.36. The summed E-state index contributed by atoms with van der Waals surface area (Å²) in [5.74, 6) is 2.68. The van der Waals surface area contributed by atoms with Crippen molar-refractivity contribution in [3.8, 4) is 0 Å². The molecular formula is C28H46. The fraction of sp³-hybridized carbons (Fsp3) is 0.786. The van der Waals surface area contributed by atoms with E-state index in [4.69, 9.17) is 0 Å². The average Bonchev–Trinajstić information content (AvgIpc) is 2.94. The fourth-order valence-corrected chi connectivity index (χ4v) is 6.60. The Balaban J connectivity index is 1.64. The molecule has 0 bridgehead atoms. The summed E-state index contributed by atoms with van der Waals surface area (Å²) >= 11 is 0. The first kappa shape index (κ1) is 21.9. The van der Waals surface area contributed by atoms with Gasteiger partial charge < -0.3 is 0 Å². The minimum atomic E-state index is 0.444. The van der Waals surface area contributed by atoms with Gasteiger partial charge in [-0.3, -0.25) is 0 Å². The first-order valence-corrected chi connectivity index (χ1v) is 12.3. The number of hydrogen-bond donors (Lipinski definition) is 0. The van der Waals surface area contributed by atoms with Gasteiger partial charge in [0.05, 0.1) is 0 Å². The summed E-state index contributed by atoms with van der Waals surface area (Å²) in [7, 11) is 0. The molecule has 0 aromatic rings. The van der Waals surface area contributed by atoms with Gasteiger partial charge >= 0.3 is 0 Å². The second-order valence-corrected chi connectivity index (χ2v) is 11.7. The van der Waals surface area contributed by atoms with Crippen LogP contribution in [-0.2, 0) is 0 Å². The lowest BCUT2D eigenvalue weighted by molar-refractivity contribution is 0.127. The maximum Gasteiger partial charge on any atom is -0.0143 e. The van der Waals surface area contributed by atoms with Gasteiger partial charge in [0.15, 0.2) is 0 Å². The van der Waals surface area contributed by atoms with E-state index in [0.717, 1.165) is 17.8 Å². The Hall–Kier alpha value is -0.780. The van der Waals surface area contributed by atoms with E-state index in [1.54, 1.807) is 5.57 Å². The molecule has 0 aromatic heterocycles. The maximum atomic E-state index is 4.40. The van der Waals surface area contributed by atoms with E-state index < -0.39 is 0 Å². The van der Waals surface area contributed by atoms with Crippen molar-refractivity contribution in [3.63, 3.8) is 0 Å². The van der Waals surface area contributed by atoms with Gasteiger partial charge in [0, 0.05) is 0 Å². The monoisotopic (exact) mass is 382 g/mol.